The maximum absolute atomic E-state index is 13.9. The number of carbonyl (C=O) groups excluding carboxylic acids is 7. The van der Waals surface area contributed by atoms with Gasteiger partial charge >= 0.3 is 5.97 Å². The number of hydrogen-bond acceptors (Lipinski definition) is 10. The second-order valence-electron chi connectivity index (χ2n) is 17.7. The number of nitrogens with zero attached hydrogens (tertiary/aromatic N) is 4. The van der Waals surface area contributed by atoms with Crippen LogP contribution >= 0.6 is 31.9 Å². The van der Waals surface area contributed by atoms with Crippen LogP contribution in [0.2, 0.25) is 0 Å². The number of carboxylic acids is 1. The maximum Gasteiger partial charge on any atom is 0.322 e. The molecule has 0 spiro atoms. The largest absolute Gasteiger partial charge is 0.480 e. The van der Waals surface area contributed by atoms with Gasteiger partial charge in [0.2, 0.25) is 29.5 Å². The second-order valence-corrected chi connectivity index (χ2v) is 19.3. The van der Waals surface area contributed by atoms with Gasteiger partial charge in [0.25, 0.3) is 11.8 Å². The Labute approximate surface area is 434 Å². The van der Waals surface area contributed by atoms with Gasteiger partial charge in [-0.1, -0.05) is 117 Å². The number of carbonyl (C=O) groups is 8. The van der Waals surface area contributed by atoms with Crippen molar-refractivity contribution in [1.82, 2.24) is 30.2 Å². The van der Waals surface area contributed by atoms with Crippen molar-refractivity contribution in [2.24, 2.45) is 17.8 Å². The quantitative estimate of drug-likeness (QED) is 0.0704. The average Bonchev–Trinajstić information content (AvgIpc) is 3.89. The van der Waals surface area contributed by atoms with Crippen LogP contribution in [0, 0.1) is 24.7 Å². The van der Waals surface area contributed by atoms with Crippen LogP contribution in [0.4, 0.5) is 0 Å². The number of likely N-dealkylation sites (N-methyl/N-ethyl adjacent to an activating group) is 2. The molecule has 1 aromatic carbocycles. The molecule has 1 aromatic rings. The summed E-state index contributed by atoms with van der Waals surface area (Å²) in [7, 11) is 6.09. The third kappa shape index (κ3) is 20.9. The summed E-state index contributed by atoms with van der Waals surface area (Å²) in [6.07, 6.45) is 3.46. The fourth-order valence-electron chi connectivity index (χ4n) is 8.28. The summed E-state index contributed by atoms with van der Waals surface area (Å²) >= 11 is 6.22. The number of benzene rings is 1. The van der Waals surface area contributed by atoms with E-state index in [1.165, 1.54) is 36.0 Å². The standard InChI is InChI=1S/C39H62Br2N6O11.C7H8.C3H8.C2H6/c1-10-23(4)34(26(57-8)19-28(49)46-18-14-15-25(46)35(58-9)24(5)36(53)43-21-30(51)52)45(7)29(50)20-42-37(54)33(22(2)3)44(6)27(48)16-12-11-13-17-47-38(55)31(40)32(41)39(47)56;1-7-5-3-2-4-6-7;1-3-2;1-2/h22-26,33-35H,10-21H2,1-9H3,(H,42,54)(H,43,53)(H,51,52);2-6H,1H3;3H2,1-2H3;1-2H3/t23-,24?,25?,26?,33?,34?,35?;;;/m0.../s1. The Morgan fingerprint density at radius 3 is 1.84 bits per heavy atom. The molecular weight excluding hydrogens is 1030 g/mol. The minimum absolute atomic E-state index is 0.0639. The Morgan fingerprint density at radius 2 is 1.37 bits per heavy atom. The molecule has 0 radical (unpaired) electrons. The van der Waals surface area contributed by atoms with Crippen molar-refractivity contribution in [3.63, 3.8) is 0 Å². The first-order chi connectivity index (χ1) is 33.1. The highest BCUT2D eigenvalue weighted by Crippen LogP contribution is 2.31. The van der Waals surface area contributed by atoms with Crippen molar-refractivity contribution in [2.75, 3.05) is 54.5 Å². The number of likely N-dealkylation sites (tertiary alicyclic amines) is 1. The molecule has 2 aliphatic rings. The van der Waals surface area contributed by atoms with E-state index in [4.69, 9.17) is 14.6 Å². The van der Waals surface area contributed by atoms with Gasteiger partial charge in [-0.2, -0.15) is 0 Å². The van der Waals surface area contributed by atoms with Gasteiger partial charge in [0.05, 0.1) is 43.2 Å². The molecule has 0 aliphatic carbocycles. The first kappa shape index (κ1) is 65.8. The van der Waals surface area contributed by atoms with Crippen LogP contribution < -0.4 is 10.6 Å². The Bertz CT molecular complexity index is 1830. The van der Waals surface area contributed by atoms with Crippen molar-refractivity contribution < 1.29 is 52.9 Å². The molecule has 0 saturated carbocycles. The summed E-state index contributed by atoms with van der Waals surface area (Å²) in [5.41, 5.74) is 1.32. The second kappa shape index (κ2) is 35.0. The number of aliphatic carboxylic acids is 1. The maximum atomic E-state index is 13.9. The van der Waals surface area contributed by atoms with Crippen molar-refractivity contribution in [3.8, 4) is 0 Å². The van der Waals surface area contributed by atoms with E-state index in [2.05, 4.69) is 75.4 Å². The third-order valence-electron chi connectivity index (χ3n) is 12.1. The van der Waals surface area contributed by atoms with E-state index in [1.807, 2.05) is 59.7 Å². The smallest absolute Gasteiger partial charge is 0.322 e. The molecule has 70 heavy (non-hydrogen) atoms. The monoisotopic (exact) mass is 1110 g/mol. The molecule has 17 nitrogen and oxygen atoms in total. The Morgan fingerprint density at radius 1 is 0.814 bits per heavy atom. The fraction of sp³-hybridized carbons (Fsp3) is 0.686. The molecule has 2 heterocycles. The van der Waals surface area contributed by atoms with Gasteiger partial charge in [-0.25, -0.2) is 0 Å². The number of amides is 7. The normalized spacial score (nSPS) is 16.8. The predicted octanol–water partition coefficient (Wildman–Crippen LogP) is 7.07. The first-order valence-corrected chi connectivity index (χ1v) is 26.2. The number of rotatable bonds is 24. The van der Waals surface area contributed by atoms with Gasteiger partial charge < -0.3 is 39.9 Å². The van der Waals surface area contributed by atoms with Crippen LogP contribution in [0.5, 0.6) is 0 Å². The van der Waals surface area contributed by atoms with E-state index < -0.39 is 78.3 Å². The highest BCUT2D eigenvalue weighted by atomic mass is 79.9. The molecule has 6 unspecified atom stereocenters. The minimum Gasteiger partial charge on any atom is -0.480 e. The minimum atomic E-state index is -1.17. The zero-order valence-electron chi connectivity index (χ0n) is 44.3. The molecular formula is C51H84Br2N6O11. The van der Waals surface area contributed by atoms with E-state index in [0.717, 1.165) is 4.90 Å². The number of methoxy groups -OCH3 is 2. The molecule has 19 heteroatoms. The number of hydrogen-bond donors (Lipinski definition) is 3. The molecule has 0 aromatic heterocycles. The summed E-state index contributed by atoms with van der Waals surface area (Å²) in [4.78, 5) is 108. The molecule has 7 amide bonds. The summed E-state index contributed by atoms with van der Waals surface area (Å²) in [6.45, 7) is 19.3. The van der Waals surface area contributed by atoms with Crippen molar-refractivity contribution in [2.45, 2.75) is 157 Å². The molecule has 3 N–H and O–H groups in total. The third-order valence-corrected chi connectivity index (χ3v) is 14.1. The molecule has 1 fully saturated rings. The zero-order valence-corrected chi connectivity index (χ0v) is 47.4. The summed E-state index contributed by atoms with van der Waals surface area (Å²) in [5, 5.41) is 14.1. The highest BCUT2D eigenvalue weighted by Gasteiger charge is 2.42. The van der Waals surface area contributed by atoms with Gasteiger partial charge in [-0.05, 0) is 76.3 Å². The lowest BCUT2D eigenvalue weighted by atomic mass is 9.90. The topological polar surface area (TPSA) is 212 Å². The number of nitrogens with one attached hydrogen (secondary N) is 2. The van der Waals surface area contributed by atoms with Crippen molar-refractivity contribution in [1.29, 1.82) is 0 Å². The van der Waals surface area contributed by atoms with Crippen LogP contribution in [0.3, 0.4) is 0 Å². The van der Waals surface area contributed by atoms with E-state index in [-0.39, 0.29) is 58.5 Å². The van der Waals surface area contributed by atoms with Crippen molar-refractivity contribution >= 4 is 79.2 Å². The van der Waals surface area contributed by atoms with Crippen molar-refractivity contribution in [3.05, 3.63) is 44.9 Å². The first-order valence-electron chi connectivity index (χ1n) is 24.6. The molecule has 1 saturated heterocycles. The van der Waals surface area contributed by atoms with Crippen LogP contribution in [0.15, 0.2) is 39.3 Å². The average molecular weight is 1120 g/mol. The van der Waals surface area contributed by atoms with Gasteiger partial charge in [0, 0.05) is 47.8 Å². The van der Waals surface area contributed by atoms with Crippen LogP contribution in [0.25, 0.3) is 0 Å². The van der Waals surface area contributed by atoms with Crippen LogP contribution in [0.1, 0.15) is 126 Å². The lowest BCUT2D eigenvalue weighted by Crippen LogP contribution is -2.55. The van der Waals surface area contributed by atoms with E-state index in [0.29, 0.717) is 45.1 Å². The van der Waals surface area contributed by atoms with Crippen LogP contribution in [-0.4, -0.2) is 157 Å². The Kier molecular flexibility index (Phi) is 32.9. The Balaban J connectivity index is 0.00000350. The SMILES string of the molecule is CC.CCC.CC[C@H](C)C(C(CC(=O)N1CCCC1C(OC)C(C)C(=O)NCC(=O)O)OC)N(C)C(=O)CNC(=O)C(C(C)C)N(C)C(=O)CCCCCN1C(=O)C(Br)=C(Br)C1=O.Cc1ccccc1. The number of imide groups is 1. The molecule has 7 atom stereocenters. The number of halogens is 2. The lowest BCUT2D eigenvalue weighted by Gasteiger charge is -2.39. The number of carboxylic acid groups (broad SMARTS) is 1. The summed E-state index contributed by atoms with van der Waals surface area (Å²) in [5.74, 6) is -4.98. The number of ether oxygens (including phenoxy) is 2. The van der Waals surface area contributed by atoms with Crippen LogP contribution in [-0.2, 0) is 47.8 Å². The molecule has 2 aliphatic heterocycles. The number of unbranched alkanes of at least 4 members (excludes halogenated alkanes) is 2. The predicted molar refractivity (Wildman–Crippen MR) is 280 cm³/mol. The summed E-state index contributed by atoms with van der Waals surface area (Å²) < 4.78 is 12.0. The lowest BCUT2D eigenvalue weighted by molar-refractivity contribution is -0.146. The van der Waals surface area contributed by atoms with Gasteiger partial charge in [-0.15, -0.1) is 0 Å². The molecule has 3 rings (SSSR count). The van der Waals surface area contributed by atoms with Gasteiger partial charge in [-0.3, -0.25) is 43.3 Å². The summed E-state index contributed by atoms with van der Waals surface area (Å²) in [6, 6.07) is 8.43. The van der Waals surface area contributed by atoms with Gasteiger partial charge in [0.15, 0.2) is 0 Å². The molecule has 0 bridgehead atoms. The van der Waals surface area contributed by atoms with E-state index in [9.17, 15) is 38.4 Å². The zero-order chi connectivity index (χ0) is 53.8. The van der Waals surface area contributed by atoms with Gasteiger partial charge in [0.1, 0.15) is 21.6 Å². The highest BCUT2D eigenvalue weighted by molar-refractivity contribution is 9.14. The molecule has 398 valence electrons. The van der Waals surface area contributed by atoms with E-state index >= 15 is 0 Å². The Hall–Kier alpha value is -4.20. The number of aryl methyl sites for hydroxylation is 1. The van der Waals surface area contributed by atoms with E-state index in [1.54, 1.807) is 25.9 Å². The fourth-order valence-corrected chi connectivity index (χ4v) is 9.04.